The molecule has 1 aliphatic heterocycles. The quantitative estimate of drug-likeness (QED) is 0.789. The predicted molar refractivity (Wildman–Crippen MR) is 89.7 cm³/mol. The molecular formula is C19H18N2O2. The van der Waals surface area contributed by atoms with Crippen LogP contribution in [0.5, 0.6) is 5.75 Å². The van der Waals surface area contributed by atoms with Gasteiger partial charge in [0.2, 0.25) is 0 Å². The van der Waals surface area contributed by atoms with Gasteiger partial charge in [-0.1, -0.05) is 18.2 Å². The highest BCUT2D eigenvalue weighted by Gasteiger charge is 2.24. The fourth-order valence-corrected chi connectivity index (χ4v) is 3.28. The number of nitrogens with zero attached hydrogens (tertiary/aromatic N) is 1. The van der Waals surface area contributed by atoms with Crippen LogP contribution in [0.25, 0.3) is 10.9 Å². The Balaban J connectivity index is 1.60. The number of hydrogen-bond donors (Lipinski definition) is 1. The van der Waals surface area contributed by atoms with Gasteiger partial charge < -0.3 is 14.6 Å². The Labute approximate surface area is 134 Å². The first kappa shape index (κ1) is 13.9. The molecule has 1 aromatic heterocycles. The number of benzene rings is 2. The van der Waals surface area contributed by atoms with Gasteiger partial charge in [-0.15, -0.1) is 0 Å². The van der Waals surface area contributed by atoms with Gasteiger partial charge in [0, 0.05) is 28.7 Å². The van der Waals surface area contributed by atoms with Crippen molar-refractivity contribution < 1.29 is 9.53 Å². The van der Waals surface area contributed by atoms with Crippen LogP contribution in [0.1, 0.15) is 21.6 Å². The number of aromatic amines is 1. The van der Waals surface area contributed by atoms with Gasteiger partial charge >= 0.3 is 0 Å². The van der Waals surface area contributed by atoms with E-state index in [1.807, 2.05) is 35.2 Å². The van der Waals surface area contributed by atoms with E-state index in [-0.39, 0.29) is 5.91 Å². The Hall–Kier alpha value is -2.75. The van der Waals surface area contributed by atoms with Crippen LogP contribution >= 0.6 is 0 Å². The molecule has 116 valence electrons. The Bertz CT molecular complexity index is 865. The number of aromatic nitrogens is 1. The predicted octanol–water partition coefficient (Wildman–Crippen LogP) is 3.38. The third-order valence-corrected chi connectivity index (χ3v) is 4.51. The summed E-state index contributed by atoms with van der Waals surface area (Å²) in [4.78, 5) is 18.1. The van der Waals surface area contributed by atoms with E-state index in [0.29, 0.717) is 12.1 Å². The molecule has 0 atom stereocenters. The van der Waals surface area contributed by atoms with Crippen LogP contribution in [0.2, 0.25) is 0 Å². The molecule has 4 nitrogen and oxygen atoms in total. The monoisotopic (exact) mass is 306 g/mol. The summed E-state index contributed by atoms with van der Waals surface area (Å²) in [5.74, 6) is 0.829. The number of para-hydroxylation sites is 1. The highest BCUT2D eigenvalue weighted by atomic mass is 16.5. The van der Waals surface area contributed by atoms with Crippen LogP contribution in [-0.2, 0) is 13.0 Å². The van der Waals surface area contributed by atoms with E-state index < -0.39 is 0 Å². The molecule has 1 amide bonds. The number of amides is 1. The van der Waals surface area contributed by atoms with Crippen LogP contribution in [0.3, 0.4) is 0 Å². The van der Waals surface area contributed by atoms with Gasteiger partial charge in [0.15, 0.2) is 0 Å². The minimum atomic E-state index is 0.0666. The van der Waals surface area contributed by atoms with E-state index in [9.17, 15) is 4.79 Å². The first-order valence-electron chi connectivity index (χ1n) is 7.78. The number of nitrogens with one attached hydrogen (secondary N) is 1. The number of methoxy groups -OCH3 is 1. The van der Waals surface area contributed by atoms with Gasteiger partial charge in [-0.3, -0.25) is 4.79 Å². The summed E-state index contributed by atoms with van der Waals surface area (Å²) in [5, 5.41) is 1.28. The van der Waals surface area contributed by atoms with E-state index in [2.05, 4.69) is 23.2 Å². The normalized spacial score (nSPS) is 13.9. The molecule has 1 aliphatic rings. The van der Waals surface area contributed by atoms with Crippen molar-refractivity contribution in [1.29, 1.82) is 0 Å². The number of hydrogen-bond acceptors (Lipinski definition) is 2. The van der Waals surface area contributed by atoms with E-state index in [0.717, 1.165) is 29.9 Å². The van der Waals surface area contributed by atoms with Crippen molar-refractivity contribution in [2.45, 2.75) is 13.0 Å². The summed E-state index contributed by atoms with van der Waals surface area (Å²) in [5.41, 5.74) is 4.35. The van der Waals surface area contributed by atoms with Crippen LogP contribution in [0.15, 0.2) is 48.5 Å². The third-order valence-electron chi connectivity index (χ3n) is 4.51. The number of carbonyl (C=O) groups excluding carboxylic acids is 1. The van der Waals surface area contributed by atoms with Gasteiger partial charge in [0.25, 0.3) is 5.91 Å². The maximum atomic E-state index is 12.7. The summed E-state index contributed by atoms with van der Waals surface area (Å²) in [6, 6.07) is 15.6. The lowest BCUT2D eigenvalue weighted by Crippen LogP contribution is -2.35. The average molecular weight is 306 g/mol. The number of H-pyrrole nitrogens is 1. The summed E-state index contributed by atoms with van der Waals surface area (Å²) in [7, 11) is 1.62. The van der Waals surface area contributed by atoms with Crippen LogP contribution in [-0.4, -0.2) is 29.4 Å². The Morgan fingerprint density at radius 3 is 2.70 bits per heavy atom. The Kier molecular flexibility index (Phi) is 3.30. The second-order valence-electron chi connectivity index (χ2n) is 5.83. The highest BCUT2D eigenvalue weighted by Crippen LogP contribution is 2.28. The largest absolute Gasteiger partial charge is 0.497 e. The summed E-state index contributed by atoms with van der Waals surface area (Å²) >= 11 is 0. The van der Waals surface area contributed by atoms with Gasteiger partial charge in [-0.05, 0) is 42.3 Å². The third kappa shape index (κ3) is 2.36. The zero-order chi connectivity index (χ0) is 15.8. The number of rotatable bonds is 2. The van der Waals surface area contributed by atoms with Crippen molar-refractivity contribution in [2.75, 3.05) is 13.7 Å². The lowest BCUT2D eigenvalue weighted by Gasteiger charge is -2.27. The molecule has 2 aromatic carbocycles. The van der Waals surface area contributed by atoms with Gasteiger partial charge in [0.1, 0.15) is 5.75 Å². The van der Waals surface area contributed by atoms with E-state index in [1.165, 1.54) is 10.9 Å². The SMILES string of the molecule is COc1ccc(C(=O)N2CCc3c([nH]c4ccccc34)C2)cc1. The second-order valence-corrected chi connectivity index (χ2v) is 5.83. The van der Waals surface area contributed by atoms with Gasteiger partial charge in [-0.25, -0.2) is 0 Å². The zero-order valence-electron chi connectivity index (χ0n) is 13.0. The second kappa shape index (κ2) is 5.47. The van der Waals surface area contributed by atoms with Gasteiger partial charge in [0.05, 0.1) is 13.7 Å². The van der Waals surface area contributed by atoms with Gasteiger partial charge in [-0.2, -0.15) is 0 Å². The molecule has 0 saturated heterocycles. The molecule has 23 heavy (non-hydrogen) atoms. The molecule has 0 unspecified atom stereocenters. The maximum absolute atomic E-state index is 12.7. The molecule has 0 saturated carbocycles. The smallest absolute Gasteiger partial charge is 0.254 e. The molecule has 4 heteroatoms. The van der Waals surface area contributed by atoms with Crippen molar-refractivity contribution in [1.82, 2.24) is 9.88 Å². The fourth-order valence-electron chi connectivity index (χ4n) is 3.28. The molecule has 4 rings (SSSR count). The number of ether oxygens (including phenoxy) is 1. The highest BCUT2D eigenvalue weighted by molar-refractivity contribution is 5.95. The standard InChI is InChI=1S/C19H18N2O2/c1-23-14-8-6-13(7-9-14)19(22)21-11-10-16-15-4-2-3-5-17(15)20-18(16)12-21/h2-9,20H,10-12H2,1H3. The Morgan fingerprint density at radius 1 is 1.13 bits per heavy atom. The van der Waals surface area contributed by atoms with Crippen LogP contribution < -0.4 is 4.74 Å². The summed E-state index contributed by atoms with van der Waals surface area (Å²) in [6.07, 6.45) is 0.890. The molecule has 3 aromatic rings. The minimum Gasteiger partial charge on any atom is -0.497 e. The molecule has 0 radical (unpaired) electrons. The minimum absolute atomic E-state index is 0.0666. The fraction of sp³-hybridized carbons (Fsp3) is 0.211. The van der Waals surface area contributed by atoms with E-state index in [1.54, 1.807) is 7.11 Å². The molecule has 2 heterocycles. The topological polar surface area (TPSA) is 45.3 Å². The van der Waals surface area contributed by atoms with E-state index in [4.69, 9.17) is 4.74 Å². The van der Waals surface area contributed by atoms with Crippen molar-refractivity contribution >= 4 is 16.8 Å². The molecule has 0 fully saturated rings. The lowest BCUT2D eigenvalue weighted by molar-refractivity contribution is 0.0733. The molecule has 0 aliphatic carbocycles. The lowest BCUT2D eigenvalue weighted by atomic mass is 10.0. The molecule has 0 bridgehead atoms. The van der Waals surface area contributed by atoms with Crippen molar-refractivity contribution in [3.63, 3.8) is 0 Å². The van der Waals surface area contributed by atoms with Crippen molar-refractivity contribution in [3.05, 3.63) is 65.4 Å². The summed E-state index contributed by atoms with van der Waals surface area (Å²) in [6.45, 7) is 1.38. The first-order valence-corrected chi connectivity index (χ1v) is 7.78. The average Bonchev–Trinajstić information content (AvgIpc) is 2.99. The Morgan fingerprint density at radius 2 is 1.91 bits per heavy atom. The van der Waals surface area contributed by atoms with Crippen molar-refractivity contribution in [3.8, 4) is 5.75 Å². The van der Waals surface area contributed by atoms with Crippen molar-refractivity contribution in [2.24, 2.45) is 0 Å². The molecule has 1 N–H and O–H groups in total. The van der Waals surface area contributed by atoms with E-state index >= 15 is 0 Å². The first-order chi connectivity index (χ1) is 11.3. The number of carbonyl (C=O) groups is 1. The van der Waals surface area contributed by atoms with Crippen LogP contribution in [0, 0.1) is 0 Å². The summed E-state index contributed by atoms with van der Waals surface area (Å²) < 4.78 is 5.14. The zero-order valence-corrected chi connectivity index (χ0v) is 13.0. The number of fused-ring (bicyclic) bond motifs is 3. The van der Waals surface area contributed by atoms with Crippen LogP contribution in [0.4, 0.5) is 0 Å². The molecule has 0 spiro atoms. The maximum Gasteiger partial charge on any atom is 0.254 e. The molecular weight excluding hydrogens is 288 g/mol.